The highest BCUT2D eigenvalue weighted by molar-refractivity contribution is 6.02. The topological polar surface area (TPSA) is 0 Å². The summed E-state index contributed by atoms with van der Waals surface area (Å²) in [6.45, 7) is 18.2. The van der Waals surface area contributed by atoms with Gasteiger partial charge in [0, 0.05) is 0 Å². The minimum Gasteiger partial charge on any atom is -0.0587 e. The molecule has 0 radical (unpaired) electrons. The van der Waals surface area contributed by atoms with Crippen LogP contribution in [-0.2, 0) is 10.8 Å². The molecule has 5 aromatic carbocycles. The van der Waals surface area contributed by atoms with Gasteiger partial charge in [-0.25, -0.2) is 0 Å². The molecule has 5 aromatic rings. The first-order chi connectivity index (χ1) is 16.9. The van der Waals surface area contributed by atoms with Crippen LogP contribution >= 0.6 is 0 Å². The van der Waals surface area contributed by atoms with Crippen LogP contribution in [-0.4, -0.2) is 0 Å². The van der Waals surface area contributed by atoms with E-state index in [0.29, 0.717) is 0 Å². The van der Waals surface area contributed by atoms with Gasteiger partial charge in [-0.05, 0) is 116 Å². The van der Waals surface area contributed by atoms with Gasteiger partial charge in [0.1, 0.15) is 0 Å². The molecule has 36 heavy (non-hydrogen) atoms. The summed E-state index contributed by atoms with van der Waals surface area (Å²) in [7, 11) is 0. The van der Waals surface area contributed by atoms with E-state index in [1.807, 2.05) is 0 Å². The molecule has 0 amide bonds. The van der Waals surface area contributed by atoms with E-state index in [0.717, 1.165) is 0 Å². The first kappa shape index (κ1) is 24.3. The van der Waals surface area contributed by atoms with Crippen molar-refractivity contribution in [3.63, 3.8) is 0 Å². The zero-order chi connectivity index (χ0) is 25.8. The lowest BCUT2D eigenvalue weighted by molar-refractivity contribution is 0.592. The van der Waals surface area contributed by atoms with Crippen LogP contribution in [0.1, 0.15) is 63.8 Å². The molecule has 0 bridgehead atoms. The predicted molar refractivity (Wildman–Crippen MR) is 159 cm³/mol. The minimum absolute atomic E-state index is 0.0508. The summed E-state index contributed by atoms with van der Waals surface area (Å²) >= 11 is 0. The smallest absolute Gasteiger partial charge is 0.0125 e. The van der Waals surface area contributed by atoms with Gasteiger partial charge in [0.05, 0.1) is 0 Å². The molecule has 0 aliphatic carbocycles. The fourth-order valence-electron chi connectivity index (χ4n) is 5.29. The van der Waals surface area contributed by atoms with Crippen molar-refractivity contribution in [2.45, 2.75) is 66.2 Å². The molecule has 5 rings (SSSR count). The Bertz CT molecular complexity index is 1450. The van der Waals surface area contributed by atoms with E-state index in [1.54, 1.807) is 0 Å². The summed E-state index contributed by atoms with van der Waals surface area (Å²) in [5.41, 5.74) is 10.7. The van der Waals surface area contributed by atoms with Crippen LogP contribution in [0.2, 0.25) is 0 Å². The number of benzene rings is 5. The molecule has 0 aromatic heterocycles. The van der Waals surface area contributed by atoms with Crippen molar-refractivity contribution >= 4 is 21.5 Å². The van der Waals surface area contributed by atoms with Crippen LogP contribution in [0.15, 0.2) is 84.9 Å². The van der Waals surface area contributed by atoms with Gasteiger partial charge in [-0.2, -0.15) is 0 Å². The van der Waals surface area contributed by atoms with Crippen molar-refractivity contribution < 1.29 is 0 Å². The van der Waals surface area contributed by atoms with Crippen molar-refractivity contribution in [2.75, 3.05) is 0 Å². The molecule has 0 aliphatic heterocycles. The van der Waals surface area contributed by atoms with Crippen molar-refractivity contribution in [1.29, 1.82) is 0 Å². The van der Waals surface area contributed by atoms with E-state index >= 15 is 0 Å². The summed E-state index contributed by atoms with van der Waals surface area (Å²) in [6, 6.07) is 32.4. The van der Waals surface area contributed by atoms with Gasteiger partial charge in [-0.3, -0.25) is 0 Å². The molecule has 0 unspecified atom stereocenters. The van der Waals surface area contributed by atoms with Gasteiger partial charge in [-0.1, -0.05) is 101 Å². The maximum Gasteiger partial charge on any atom is -0.0125 e. The van der Waals surface area contributed by atoms with Crippen LogP contribution < -0.4 is 0 Å². The van der Waals surface area contributed by atoms with Gasteiger partial charge >= 0.3 is 0 Å². The average molecular weight is 471 g/mol. The van der Waals surface area contributed by atoms with E-state index in [9.17, 15) is 0 Å². The third-order valence-electron chi connectivity index (χ3n) is 7.41. The Kier molecular flexibility index (Phi) is 5.83. The third kappa shape index (κ3) is 4.58. The van der Waals surface area contributed by atoms with Gasteiger partial charge < -0.3 is 0 Å². The molecule has 0 fully saturated rings. The number of rotatable bonds is 2. The molecule has 0 saturated heterocycles. The van der Waals surface area contributed by atoms with Crippen LogP contribution in [0.5, 0.6) is 0 Å². The standard InChI is InChI=1S/C36H38/c1-23-9-13-25(14-10-23)31-19-27-17-28-20-32(26-15-11-24(2)12-16-26)34(36(6,7)8)22-30(28)18-29(27)21-33(31)35(3,4)5/h9-22H,1-8H3. The number of aryl methyl sites for hydroxylation is 2. The molecule has 0 N–H and O–H groups in total. The van der Waals surface area contributed by atoms with E-state index in [4.69, 9.17) is 0 Å². The lowest BCUT2D eigenvalue weighted by Crippen LogP contribution is -2.13. The highest BCUT2D eigenvalue weighted by atomic mass is 14.3. The summed E-state index contributed by atoms with van der Waals surface area (Å²) in [4.78, 5) is 0. The third-order valence-corrected chi connectivity index (χ3v) is 7.41. The van der Waals surface area contributed by atoms with Crippen molar-refractivity contribution in [3.05, 3.63) is 107 Å². The quantitative estimate of drug-likeness (QED) is 0.225. The number of fused-ring (bicyclic) bond motifs is 2. The summed E-state index contributed by atoms with van der Waals surface area (Å²) in [6.07, 6.45) is 0. The molecule has 0 spiro atoms. The average Bonchev–Trinajstić information content (AvgIpc) is 2.81. The van der Waals surface area contributed by atoms with Gasteiger partial charge in [0.25, 0.3) is 0 Å². The lowest BCUT2D eigenvalue weighted by Gasteiger charge is -2.26. The van der Waals surface area contributed by atoms with Crippen LogP contribution in [0, 0.1) is 13.8 Å². The van der Waals surface area contributed by atoms with E-state index < -0.39 is 0 Å². The number of hydrogen-bond acceptors (Lipinski definition) is 0. The zero-order valence-corrected chi connectivity index (χ0v) is 23.1. The molecule has 0 aliphatic rings. The van der Waals surface area contributed by atoms with Gasteiger partial charge in [-0.15, -0.1) is 0 Å². The monoisotopic (exact) mass is 470 g/mol. The van der Waals surface area contributed by atoms with Crippen LogP contribution in [0.3, 0.4) is 0 Å². The predicted octanol–water partition coefficient (Wildman–Crippen LogP) is 10.5. The Morgan fingerprint density at radius 3 is 1.00 bits per heavy atom. The van der Waals surface area contributed by atoms with Gasteiger partial charge in [0.2, 0.25) is 0 Å². The number of hydrogen-bond donors (Lipinski definition) is 0. The highest BCUT2D eigenvalue weighted by Gasteiger charge is 2.22. The Morgan fingerprint density at radius 1 is 0.389 bits per heavy atom. The molecular formula is C36H38. The molecule has 0 atom stereocenters. The summed E-state index contributed by atoms with van der Waals surface area (Å²) in [5.74, 6) is 0. The van der Waals surface area contributed by atoms with E-state index in [2.05, 4.69) is 140 Å². The molecular weight excluding hydrogens is 432 g/mol. The zero-order valence-electron chi connectivity index (χ0n) is 23.1. The first-order valence-corrected chi connectivity index (χ1v) is 13.1. The molecule has 0 nitrogen and oxygen atoms in total. The largest absolute Gasteiger partial charge is 0.0587 e. The molecule has 182 valence electrons. The second-order valence-electron chi connectivity index (χ2n) is 12.6. The Balaban J connectivity index is 1.79. The first-order valence-electron chi connectivity index (χ1n) is 13.1. The Hall–Kier alpha value is -3.38. The van der Waals surface area contributed by atoms with Crippen LogP contribution in [0.4, 0.5) is 0 Å². The van der Waals surface area contributed by atoms with Crippen molar-refractivity contribution in [3.8, 4) is 22.3 Å². The molecule has 0 saturated carbocycles. The lowest BCUT2D eigenvalue weighted by atomic mass is 9.79. The fourth-order valence-corrected chi connectivity index (χ4v) is 5.29. The Morgan fingerprint density at radius 2 is 0.694 bits per heavy atom. The normalized spacial score (nSPS) is 12.4. The van der Waals surface area contributed by atoms with Gasteiger partial charge in [0.15, 0.2) is 0 Å². The second-order valence-corrected chi connectivity index (χ2v) is 12.6. The van der Waals surface area contributed by atoms with Crippen molar-refractivity contribution in [2.24, 2.45) is 0 Å². The second kappa shape index (κ2) is 8.63. The maximum absolute atomic E-state index is 2.43. The summed E-state index contributed by atoms with van der Waals surface area (Å²) < 4.78 is 0. The maximum atomic E-state index is 2.43. The van der Waals surface area contributed by atoms with Crippen LogP contribution in [0.25, 0.3) is 43.8 Å². The Labute approximate surface area is 217 Å². The molecule has 0 heterocycles. The SMILES string of the molecule is Cc1ccc(-c2cc3cc4cc(-c5ccc(C)cc5)c(C(C)(C)C)cc4cc3cc2C(C)(C)C)cc1. The fraction of sp³-hybridized carbons (Fsp3) is 0.278. The van der Waals surface area contributed by atoms with Crippen molar-refractivity contribution in [1.82, 2.24) is 0 Å². The van der Waals surface area contributed by atoms with E-state index in [1.165, 1.54) is 66.1 Å². The minimum atomic E-state index is 0.0508. The van der Waals surface area contributed by atoms with E-state index in [-0.39, 0.29) is 10.8 Å². The molecule has 0 heteroatoms. The highest BCUT2D eigenvalue weighted by Crippen LogP contribution is 2.40. The summed E-state index contributed by atoms with van der Waals surface area (Å²) in [5, 5.41) is 5.21.